The number of aromatic nitrogens is 5. The number of hydrogen-bond acceptors (Lipinski definition) is 8. The number of imidazole rings is 1. The van der Waals surface area contributed by atoms with Crippen molar-refractivity contribution in [2.75, 3.05) is 55.7 Å². The largest absolute Gasteiger partial charge is 0.396 e. The van der Waals surface area contributed by atoms with Crippen molar-refractivity contribution in [3.8, 4) is 0 Å². The van der Waals surface area contributed by atoms with Crippen molar-refractivity contribution in [2.45, 2.75) is 25.2 Å². The maximum Gasteiger partial charge on any atom is 0.230 e. The Morgan fingerprint density at radius 2 is 1.93 bits per heavy atom. The van der Waals surface area contributed by atoms with Crippen LogP contribution in [0.4, 0.5) is 11.9 Å². The zero-order valence-electron chi connectivity index (χ0n) is 17.0. The third-order valence-corrected chi connectivity index (χ3v) is 7.18. The van der Waals surface area contributed by atoms with Crippen LogP contribution in [0.2, 0.25) is 0 Å². The summed E-state index contributed by atoms with van der Waals surface area (Å²) in [5, 5.41) is 13.4. The van der Waals surface area contributed by atoms with Crippen LogP contribution in [0.15, 0.2) is 18.9 Å². The summed E-state index contributed by atoms with van der Waals surface area (Å²) in [6.45, 7) is 5.97. The standard InChI is InChI=1S/C20H30N8O/c1-26-14-22-8-17(26)16-10-28(9-15(16)11-29)19-24-13-23-18(25-19)27-6-3-20(4-7-27)2-5-21-12-20/h8,13-16,21,29H,2-7,9-12H2,1H3/t15-,16+/m0/s1. The lowest BCUT2D eigenvalue weighted by molar-refractivity contribution is 0.225. The number of nitrogens with zero attached hydrogens (tertiary/aromatic N) is 7. The molecule has 3 aliphatic rings. The quantitative estimate of drug-likeness (QED) is 0.764. The van der Waals surface area contributed by atoms with Gasteiger partial charge in [-0.05, 0) is 31.2 Å². The molecule has 5 rings (SSSR count). The van der Waals surface area contributed by atoms with Gasteiger partial charge in [0.15, 0.2) is 0 Å². The summed E-state index contributed by atoms with van der Waals surface area (Å²) < 4.78 is 2.04. The molecule has 9 nitrogen and oxygen atoms in total. The second kappa shape index (κ2) is 7.53. The fraction of sp³-hybridized carbons (Fsp3) is 0.700. The lowest BCUT2D eigenvalue weighted by Gasteiger charge is -2.38. The minimum Gasteiger partial charge on any atom is -0.396 e. The molecule has 0 bridgehead atoms. The molecule has 0 saturated carbocycles. The van der Waals surface area contributed by atoms with Crippen LogP contribution in [-0.2, 0) is 7.05 Å². The molecule has 2 aromatic heterocycles. The fourth-order valence-electron chi connectivity index (χ4n) is 5.27. The summed E-state index contributed by atoms with van der Waals surface area (Å²) in [6, 6.07) is 0. The number of nitrogens with one attached hydrogen (secondary N) is 1. The summed E-state index contributed by atoms with van der Waals surface area (Å²) in [5.74, 6) is 1.86. The van der Waals surface area contributed by atoms with Gasteiger partial charge in [-0.15, -0.1) is 0 Å². The highest BCUT2D eigenvalue weighted by molar-refractivity contribution is 5.41. The van der Waals surface area contributed by atoms with Gasteiger partial charge in [0, 0.05) is 70.1 Å². The maximum absolute atomic E-state index is 9.93. The number of anilines is 2. The summed E-state index contributed by atoms with van der Waals surface area (Å²) in [5.41, 5.74) is 1.62. The number of piperidine rings is 1. The van der Waals surface area contributed by atoms with E-state index in [1.807, 2.05) is 24.1 Å². The van der Waals surface area contributed by atoms with E-state index in [0.717, 1.165) is 50.9 Å². The summed E-state index contributed by atoms with van der Waals surface area (Å²) in [6.07, 6.45) is 9.02. The molecule has 156 valence electrons. The van der Waals surface area contributed by atoms with Crippen LogP contribution in [0.3, 0.4) is 0 Å². The van der Waals surface area contributed by atoms with Crippen molar-refractivity contribution < 1.29 is 5.11 Å². The first kappa shape index (κ1) is 18.7. The van der Waals surface area contributed by atoms with Gasteiger partial charge in [0.05, 0.1) is 6.33 Å². The molecule has 9 heteroatoms. The lowest BCUT2D eigenvalue weighted by Crippen LogP contribution is -2.42. The van der Waals surface area contributed by atoms with Gasteiger partial charge in [0.25, 0.3) is 0 Å². The molecule has 0 unspecified atom stereocenters. The SMILES string of the molecule is Cn1cncc1[C@@H]1CN(c2ncnc(N3CCC4(CCNC4)CC3)n2)C[C@H]1CO. The van der Waals surface area contributed by atoms with Gasteiger partial charge in [-0.2, -0.15) is 4.98 Å². The predicted molar refractivity (Wildman–Crippen MR) is 110 cm³/mol. The van der Waals surface area contributed by atoms with Crippen LogP contribution >= 0.6 is 0 Å². The van der Waals surface area contributed by atoms with Gasteiger partial charge in [-0.3, -0.25) is 0 Å². The molecule has 5 heterocycles. The van der Waals surface area contributed by atoms with Crippen LogP contribution in [0.1, 0.15) is 30.9 Å². The number of aliphatic hydroxyl groups excluding tert-OH is 1. The third-order valence-electron chi connectivity index (χ3n) is 7.18. The van der Waals surface area contributed by atoms with Crippen molar-refractivity contribution in [1.82, 2.24) is 29.8 Å². The Labute approximate surface area is 171 Å². The molecule has 0 radical (unpaired) electrons. The van der Waals surface area contributed by atoms with Crippen molar-refractivity contribution >= 4 is 11.9 Å². The van der Waals surface area contributed by atoms with E-state index in [-0.39, 0.29) is 18.4 Å². The second-order valence-electron chi connectivity index (χ2n) is 8.88. The number of hydrogen-bond donors (Lipinski definition) is 2. The summed E-state index contributed by atoms with van der Waals surface area (Å²) in [7, 11) is 2.00. The normalized spacial score (nSPS) is 26.6. The molecule has 2 atom stereocenters. The number of aryl methyl sites for hydroxylation is 1. The van der Waals surface area contributed by atoms with E-state index in [2.05, 4.69) is 30.1 Å². The first-order valence-corrected chi connectivity index (χ1v) is 10.6. The van der Waals surface area contributed by atoms with E-state index >= 15 is 0 Å². The number of aliphatic hydroxyl groups is 1. The van der Waals surface area contributed by atoms with Gasteiger partial charge < -0.3 is 24.8 Å². The average Bonchev–Trinajstić information content (AvgIpc) is 3.48. The summed E-state index contributed by atoms with van der Waals surface area (Å²) >= 11 is 0. The minimum atomic E-state index is 0.145. The smallest absolute Gasteiger partial charge is 0.230 e. The Kier molecular flexibility index (Phi) is 4.87. The third kappa shape index (κ3) is 3.46. The van der Waals surface area contributed by atoms with Gasteiger partial charge in [-0.25, -0.2) is 15.0 Å². The highest BCUT2D eigenvalue weighted by atomic mass is 16.3. The van der Waals surface area contributed by atoms with Crippen LogP contribution < -0.4 is 15.1 Å². The van der Waals surface area contributed by atoms with E-state index in [4.69, 9.17) is 4.98 Å². The molecule has 0 amide bonds. The van der Waals surface area contributed by atoms with Crippen LogP contribution in [0.25, 0.3) is 0 Å². The Morgan fingerprint density at radius 3 is 2.59 bits per heavy atom. The van der Waals surface area contributed by atoms with Crippen molar-refractivity contribution in [1.29, 1.82) is 0 Å². The van der Waals surface area contributed by atoms with Gasteiger partial charge >= 0.3 is 0 Å². The topological polar surface area (TPSA) is 95.2 Å². The Balaban J connectivity index is 1.30. The molecular formula is C20H30N8O. The lowest BCUT2D eigenvalue weighted by atomic mass is 9.78. The van der Waals surface area contributed by atoms with E-state index in [9.17, 15) is 5.11 Å². The molecule has 2 aromatic rings. The summed E-state index contributed by atoms with van der Waals surface area (Å²) in [4.78, 5) is 22.5. The average molecular weight is 399 g/mol. The van der Waals surface area contributed by atoms with Crippen molar-refractivity contribution in [3.05, 3.63) is 24.5 Å². The molecular weight excluding hydrogens is 368 g/mol. The highest BCUT2D eigenvalue weighted by Crippen LogP contribution is 2.38. The van der Waals surface area contributed by atoms with Crippen LogP contribution in [0, 0.1) is 11.3 Å². The molecule has 3 saturated heterocycles. The molecule has 29 heavy (non-hydrogen) atoms. The van der Waals surface area contributed by atoms with E-state index in [1.54, 1.807) is 6.33 Å². The van der Waals surface area contributed by atoms with Gasteiger partial charge in [-0.1, -0.05) is 0 Å². The molecule has 1 spiro atoms. The Hall–Kier alpha value is -2.26. The van der Waals surface area contributed by atoms with Gasteiger partial charge in [0.1, 0.15) is 6.33 Å². The number of rotatable bonds is 4. The first-order chi connectivity index (χ1) is 14.2. The monoisotopic (exact) mass is 398 g/mol. The molecule has 3 aliphatic heterocycles. The molecule has 3 fully saturated rings. The highest BCUT2D eigenvalue weighted by Gasteiger charge is 2.39. The maximum atomic E-state index is 9.93. The zero-order valence-corrected chi connectivity index (χ0v) is 17.0. The van der Waals surface area contributed by atoms with Crippen LogP contribution in [0.5, 0.6) is 0 Å². The zero-order chi connectivity index (χ0) is 19.8. The molecule has 0 aromatic carbocycles. The second-order valence-corrected chi connectivity index (χ2v) is 8.88. The predicted octanol–water partition coefficient (Wildman–Crippen LogP) is 0.397. The first-order valence-electron chi connectivity index (χ1n) is 10.6. The van der Waals surface area contributed by atoms with Crippen LogP contribution in [-0.4, -0.2) is 75.5 Å². The van der Waals surface area contributed by atoms with Crippen molar-refractivity contribution in [2.24, 2.45) is 18.4 Å². The molecule has 0 aliphatic carbocycles. The fourth-order valence-corrected chi connectivity index (χ4v) is 5.27. The van der Waals surface area contributed by atoms with Gasteiger partial charge in [0.2, 0.25) is 11.9 Å². The minimum absolute atomic E-state index is 0.145. The van der Waals surface area contributed by atoms with E-state index < -0.39 is 0 Å². The Bertz CT molecular complexity index is 839. The van der Waals surface area contributed by atoms with E-state index in [1.165, 1.54) is 19.3 Å². The van der Waals surface area contributed by atoms with Crippen molar-refractivity contribution in [3.63, 3.8) is 0 Å². The molecule has 2 N–H and O–H groups in total. The Morgan fingerprint density at radius 1 is 1.14 bits per heavy atom. The van der Waals surface area contributed by atoms with E-state index in [0.29, 0.717) is 11.4 Å².